The van der Waals surface area contributed by atoms with E-state index in [-0.39, 0.29) is 0 Å². The highest BCUT2D eigenvalue weighted by molar-refractivity contribution is 5.72. The number of aromatic amines is 1. The van der Waals surface area contributed by atoms with Gasteiger partial charge >= 0.3 is 5.76 Å². The maximum absolute atomic E-state index is 10.8. The van der Waals surface area contributed by atoms with Gasteiger partial charge in [-0.2, -0.15) is 0 Å². The van der Waals surface area contributed by atoms with Gasteiger partial charge in [0.1, 0.15) is 0 Å². The molecule has 0 radical (unpaired) electrons. The Morgan fingerprint density at radius 2 is 2.15 bits per heavy atom. The molecule has 0 atom stereocenters. The number of oxazole rings is 1. The summed E-state index contributed by atoms with van der Waals surface area (Å²) < 4.78 is 4.84. The van der Waals surface area contributed by atoms with Crippen LogP contribution < -0.4 is 17.2 Å². The zero-order valence-corrected chi connectivity index (χ0v) is 6.78. The lowest BCUT2D eigenvalue weighted by Gasteiger charge is -2.03. The fourth-order valence-electron chi connectivity index (χ4n) is 1.17. The second-order valence-electron chi connectivity index (χ2n) is 2.80. The third kappa shape index (κ3) is 1.34. The molecule has 2 aromatic rings. The molecule has 1 heterocycles. The van der Waals surface area contributed by atoms with Gasteiger partial charge in [0.25, 0.3) is 0 Å². The van der Waals surface area contributed by atoms with Crippen molar-refractivity contribution in [3.05, 3.63) is 34.3 Å². The van der Waals surface area contributed by atoms with E-state index < -0.39 is 11.9 Å². The number of hydrogen-bond donors (Lipinski definition) is 3. The number of nitrogens with one attached hydrogen (secondary N) is 1. The maximum Gasteiger partial charge on any atom is 0.417 e. The van der Waals surface area contributed by atoms with Crippen LogP contribution in [0.4, 0.5) is 0 Å². The number of fused-ring (bicyclic) bond motifs is 1. The van der Waals surface area contributed by atoms with E-state index in [9.17, 15) is 4.79 Å². The average Bonchev–Trinajstić information content (AvgIpc) is 2.42. The SMILES string of the molecule is NC(N)c1ccc2[nH]c(=O)oc2c1. The molecule has 2 rings (SSSR count). The van der Waals surface area contributed by atoms with E-state index in [0.717, 1.165) is 5.56 Å². The van der Waals surface area contributed by atoms with Crippen LogP contribution in [0.15, 0.2) is 27.4 Å². The molecule has 1 aromatic heterocycles. The van der Waals surface area contributed by atoms with Crippen molar-refractivity contribution < 1.29 is 4.42 Å². The van der Waals surface area contributed by atoms with Crippen molar-refractivity contribution >= 4 is 11.1 Å². The molecule has 13 heavy (non-hydrogen) atoms. The summed E-state index contributed by atoms with van der Waals surface area (Å²) >= 11 is 0. The predicted molar refractivity (Wildman–Crippen MR) is 48.0 cm³/mol. The van der Waals surface area contributed by atoms with Gasteiger partial charge in [-0.1, -0.05) is 6.07 Å². The Labute approximate surface area is 73.3 Å². The van der Waals surface area contributed by atoms with Gasteiger partial charge in [0.2, 0.25) is 0 Å². The third-order valence-corrected chi connectivity index (χ3v) is 1.83. The van der Waals surface area contributed by atoms with Crippen molar-refractivity contribution in [3.8, 4) is 0 Å². The number of hydrogen-bond acceptors (Lipinski definition) is 4. The van der Waals surface area contributed by atoms with Gasteiger partial charge in [-0.15, -0.1) is 0 Å². The van der Waals surface area contributed by atoms with Gasteiger partial charge in [-0.3, -0.25) is 4.98 Å². The molecule has 1 aromatic carbocycles. The minimum Gasteiger partial charge on any atom is -0.408 e. The Hall–Kier alpha value is -1.59. The molecule has 0 saturated carbocycles. The van der Waals surface area contributed by atoms with Crippen LogP contribution >= 0.6 is 0 Å². The number of rotatable bonds is 1. The van der Waals surface area contributed by atoms with Crippen LogP contribution in [0.1, 0.15) is 11.7 Å². The van der Waals surface area contributed by atoms with Crippen LogP contribution in [0.3, 0.4) is 0 Å². The second kappa shape index (κ2) is 2.72. The molecule has 0 unspecified atom stereocenters. The summed E-state index contributed by atoms with van der Waals surface area (Å²) in [6.07, 6.45) is -0.551. The number of aromatic nitrogens is 1. The normalized spacial score (nSPS) is 11.3. The van der Waals surface area contributed by atoms with Gasteiger partial charge in [-0.25, -0.2) is 4.79 Å². The van der Waals surface area contributed by atoms with Gasteiger partial charge in [-0.05, 0) is 17.7 Å². The topological polar surface area (TPSA) is 98.0 Å². The molecule has 0 fully saturated rings. The summed E-state index contributed by atoms with van der Waals surface area (Å²) in [5.41, 5.74) is 12.8. The van der Waals surface area contributed by atoms with Crippen LogP contribution in [0.25, 0.3) is 11.1 Å². The maximum atomic E-state index is 10.8. The van der Waals surface area contributed by atoms with E-state index in [4.69, 9.17) is 15.9 Å². The molecule has 0 aliphatic heterocycles. The molecule has 0 bridgehead atoms. The van der Waals surface area contributed by atoms with Crippen LogP contribution in [0.2, 0.25) is 0 Å². The lowest BCUT2D eigenvalue weighted by Crippen LogP contribution is -2.19. The first-order valence-electron chi connectivity index (χ1n) is 3.81. The van der Waals surface area contributed by atoms with E-state index in [1.54, 1.807) is 18.2 Å². The zero-order valence-electron chi connectivity index (χ0n) is 6.78. The fourth-order valence-corrected chi connectivity index (χ4v) is 1.17. The Morgan fingerprint density at radius 3 is 2.85 bits per heavy atom. The minimum absolute atomic E-state index is 0.474. The molecule has 0 saturated heterocycles. The van der Waals surface area contributed by atoms with E-state index in [1.165, 1.54) is 0 Å². The molecule has 68 valence electrons. The highest BCUT2D eigenvalue weighted by atomic mass is 16.4. The smallest absolute Gasteiger partial charge is 0.408 e. The van der Waals surface area contributed by atoms with E-state index in [0.29, 0.717) is 11.1 Å². The minimum atomic E-state index is -0.551. The number of nitrogens with two attached hydrogens (primary N) is 2. The first-order chi connectivity index (χ1) is 6.16. The lowest BCUT2D eigenvalue weighted by molar-refractivity contribution is 0.554. The van der Waals surface area contributed by atoms with E-state index in [2.05, 4.69) is 4.98 Å². The molecule has 0 aliphatic carbocycles. The molecule has 0 amide bonds. The summed E-state index contributed by atoms with van der Waals surface area (Å²) in [5.74, 6) is -0.474. The Kier molecular flexibility index (Phi) is 1.68. The summed E-state index contributed by atoms with van der Waals surface area (Å²) in [4.78, 5) is 13.3. The van der Waals surface area contributed by atoms with Crippen molar-refractivity contribution in [1.82, 2.24) is 4.98 Å². The second-order valence-corrected chi connectivity index (χ2v) is 2.80. The monoisotopic (exact) mass is 179 g/mol. The summed E-state index contributed by atoms with van der Waals surface area (Å²) in [6.45, 7) is 0. The predicted octanol–water partition coefficient (Wildman–Crippen LogP) is 0.0371. The van der Waals surface area contributed by atoms with Crippen LogP contribution in [0, 0.1) is 0 Å². The average molecular weight is 179 g/mol. The molecule has 0 spiro atoms. The molecule has 0 aliphatic rings. The van der Waals surface area contributed by atoms with Crippen LogP contribution in [0.5, 0.6) is 0 Å². The summed E-state index contributed by atoms with van der Waals surface area (Å²) in [7, 11) is 0. The number of H-pyrrole nitrogens is 1. The van der Waals surface area contributed by atoms with Gasteiger partial charge in [0, 0.05) is 0 Å². The Bertz CT molecular complexity index is 483. The van der Waals surface area contributed by atoms with Crippen molar-refractivity contribution in [3.63, 3.8) is 0 Å². The van der Waals surface area contributed by atoms with E-state index >= 15 is 0 Å². The number of benzene rings is 1. The Morgan fingerprint density at radius 1 is 1.38 bits per heavy atom. The molecule has 5 nitrogen and oxygen atoms in total. The lowest BCUT2D eigenvalue weighted by atomic mass is 10.2. The first kappa shape index (κ1) is 8.03. The van der Waals surface area contributed by atoms with Crippen LogP contribution in [-0.4, -0.2) is 4.98 Å². The Balaban J connectivity index is 2.68. The highest BCUT2D eigenvalue weighted by Crippen LogP contribution is 2.14. The van der Waals surface area contributed by atoms with Crippen molar-refractivity contribution in [2.45, 2.75) is 6.17 Å². The molecule has 5 heteroatoms. The largest absolute Gasteiger partial charge is 0.417 e. The fraction of sp³-hybridized carbons (Fsp3) is 0.125. The summed E-state index contributed by atoms with van der Waals surface area (Å²) in [5, 5.41) is 0. The first-order valence-corrected chi connectivity index (χ1v) is 3.81. The van der Waals surface area contributed by atoms with Crippen molar-refractivity contribution in [2.24, 2.45) is 11.5 Å². The molecular weight excluding hydrogens is 170 g/mol. The van der Waals surface area contributed by atoms with Crippen molar-refractivity contribution in [2.75, 3.05) is 0 Å². The van der Waals surface area contributed by atoms with Gasteiger partial charge in [0.05, 0.1) is 11.7 Å². The van der Waals surface area contributed by atoms with Gasteiger partial charge in [0.15, 0.2) is 5.58 Å². The quantitative estimate of drug-likeness (QED) is 0.538. The zero-order chi connectivity index (χ0) is 9.42. The third-order valence-electron chi connectivity index (χ3n) is 1.83. The molecular formula is C8H9N3O2. The van der Waals surface area contributed by atoms with Crippen LogP contribution in [-0.2, 0) is 0 Å². The highest BCUT2D eigenvalue weighted by Gasteiger charge is 2.04. The standard InChI is InChI=1S/C8H9N3O2/c9-7(10)4-1-2-5-6(3-4)13-8(12)11-5/h1-3,7H,9-10H2,(H,11,12). The summed E-state index contributed by atoms with van der Waals surface area (Å²) in [6, 6.07) is 5.11. The van der Waals surface area contributed by atoms with Gasteiger partial charge < -0.3 is 15.9 Å². The van der Waals surface area contributed by atoms with E-state index in [1.807, 2.05) is 0 Å². The molecule has 5 N–H and O–H groups in total. The van der Waals surface area contributed by atoms with Crippen molar-refractivity contribution in [1.29, 1.82) is 0 Å².